The molecule has 0 aliphatic carbocycles. The monoisotopic (exact) mass is 431 g/mol. The Morgan fingerprint density at radius 1 is 1.40 bits per heavy atom. The fourth-order valence-electron chi connectivity index (χ4n) is 1.38. The number of nitrogens with zero attached hydrogens (tertiary/aromatic N) is 1. The van der Waals surface area contributed by atoms with Crippen molar-refractivity contribution in [2.24, 2.45) is 10.7 Å². The lowest BCUT2D eigenvalue weighted by Gasteiger charge is -2.09. The molecular formula is C13H20Cl2IN3O. The number of benzene rings is 1. The molecule has 20 heavy (non-hydrogen) atoms. The van der Waals surface area contributed by atoms with Crippen molar-refractivity contribution in [1.29, 1.82) is 0 Å². The Morgan fingerprint density at radius 3 is 2.70 bits per heavy atom. The molecule has 4 nitrogen and oxygen atoms in total. The highest BCUT2D eigenvalue weighted by molar-refractivity contribution is 14.0. The molecule has 0 amide bonds. The van der Waals surface area contributed by atoms with Crippen molar-refractivity contribution >= 4 is 53.1 Å². The lowest BCUT2D eigenvalue weighted by Crippen LogP contribution is -2.36. The molecule has 0 aliphatic heterocycles. The number of guanidine groups is 1. The van der Waals surface area contributed by atoms with Gasteiger partial charge in [0, 0.05) is 24.0 Å². The molecule has 0 aliphatic rings. The van der Waals surface area contributed by atoms with Crippen LogP contribution >= 0.6 is 47.2 Å². The third-order valence-corrected chi connectivity index (χ3v) is 2.70. The first-order valence-corrected chi connectivity index (χ1v) is 6.89. The van der Waals surface area contributed by atoms with Crippen molar-refractivity contribution in [1.82, 2.24) is 5.32 Å². The van der Waals surface area contributed by atoms with Gasteiger partial charge in [0.1, 0.15) is 5.75 Å². The van der Waals surface area contributed by atoms with Crippen molar-refractivity contribution in [3.05, 3.63) is 28.2 Å². The van der Waals surface area contributed by atoms with Gasteiger partial charge in [-0.1, -0.05) is 23.2 Å². The normalized spacial score (nSPS) is 11.2. The van der Waals surface area contributed by atoms with E-state index in [1.165, 1.54) is 0 Å². The summed E-state index contributed by atoms with van der Waals surface area (Å²) in [6, 6.07) is 5.43. The van der Waals surface area contributed by atoms with Crippen molar-refractivity contribution in [2.75, 3.05) is 13.2 Å². The van der Waals surface area contributed by atoms with Crippen LogP contribution in [0, 0.1) is 0 Å². The number of nitrogens with one attached hydrogen (secondary N) is 1. The van der Waals surface area contributed by atoms with Crippen LogP contribution in [-0.2, 0) is 0 Å². The second-order valence-corrected chi connectivity index (χ2v) is 5.19. The first-order valence-electron chi connectivity index (χ1n) is 6.13. The maximum atomic E-state index is 5.98. The predicted octanol–water partition coefficient (Wildman–Crippen LogP) is 3.69. The molecule has 0 saturated carbocycles. The van der Waals surface area contributed by atoms with Crippen LogP contribution in [0.25, 0.3) is 0 Å². The summed E-state index contributed by atoms with van der Waals surface area (Å²) in [7, 11) is 0. The number of ether oxygens (including phenoxy) is 1. The number of hydrogen-bond donors (Lipinski definition) is 2. The van der Waals surface area contributed by atoms with E-state index in [2.05, 4.69) is 10.3 Å². The highest BCUT2D eigenvalue weighted by atomic mass is 127. The molecule has 1 rings (SSSR count). The van der Waals surface area contributed by atoms with Gasteiger partial charge in [-0.25, -0.2) is 0 Å². The minimum atomic E-state index is 0. The minimum absolute atomic E-state index is 0. The summed E-state index contributed by atoms with van der Waals surface area (Å²) in [5.74, 6) is 1.09. The van der Waals surface area contributed by atoms with E-state index in [-0.39, 0.29) is 30.0 Å². The highest BCUT2D eigenvalue weighted by Gasteiger charge is 2.01. The van der Waals surface area contributed by atoms with E-state index in [1.54, 1.807) is 18.2 Å². The molecule has 0 bridgehead atoms. The maximum absolute atomic E-state index is 5.98. The van der Waals surface area contributed by atoms with Gasteiger partial charge >= 0.3 is 0 Å². The molecule has 0 aromatic heterocycles. The number of halogens is 3. The van der Waals surface area contributed by atoms with E-state index >= 15 is 0 Å². The van der Waals surface area contributed by atoms with E-state index < -0.39 is 0 Å². The quantitative estimate of drug-likeness (QED) is 0.312. The molecule has 1 aromatic carbocycles. The van der Waals surface area contributed by atoms with Crippen molar-refractivity contribution in [3.8, 4) is 5.75 Å². The van der Waals surface area contributed by atoms with Crippen LogP contribution in [0.1, 0.15) is 20.3 Å². The summed E-state index contributed by atoms with van der Waals surface area (Å²) in [6.07, 6.45) is 0.763. The molecule has 0 atom stereocenters. The molecule has 0 fully saturated rings. The van der Waals surface area contributed by atoms with Crippen LogP contribution < -0.4 is 15.8 Å². The topological polar surface area (TPSA) is 59.6 Å². The fraction of sp³-hybridized carbons (Fsp3) is 0.462. The number of nitrogens with two attached hydrogens (primary N) is 1. The second-order valence-electron chi connectivity index (χ2n) is 4.34. The Balaban J connectivity index is 0.00000361. The van der Waals surface area contributed by atoms with Gasteiger partial charge in [-0.2, -0.15) is 0 Å². The van der Waals surface area contributed by atoms with Gasteiger partial charge < -0.3 is 15.8 Å². The van der Waals surface area contributed by atoms with Gasteiger partial charge in [-0.15, -0.1) is 24.0 Å². The number of rotatable bonds is 6. The summed E-state index contributed by atoms with van der Waals surface area (Å²) in [6.45, 7) is 5.15. The Labute approximate surface area is 147 Å². The average Bonchev–Trinajstić information content (AvgIpc) is 2.30. The van der Waals surface area contributed by atoms with Gasteiger partial charge in [0.15, 0.2) is 5.96 Å². The van der Waals surface area contributed by atoms with Crippen molar-refractivity contribution in [2.45, 2.75) is 26.3 Å². The summed E-state index contributed by atoms with van der Waals surface area (Å²) in [5.41, 5.74) is 5.67. The first-order chi connectivity index (χ1) is 8.99. The maximum Gasteiger partial charge on any atom is 0.188 e. The zero-order valence-corrected chi connectivity index (χ0v) is 15.4. The minimum Gasteiger partial charge on any atom is -0.492 e. The number of aliphatic imine (C=N–C) groups is 1. The van der Waals surface area contributed by atoms with Crippen molar-refractivity contribution in [3.63, 3.8) is 0 Å². The third-order valence-electron chi connectivity index (χ3n) is 2.17. The summed E-state index contributed by atoms with van der Waals surface area (Å²) in [4.78, 5) is 4.18. The average molecular weight is 432 g/mol. The zero-order valence-electron chi connectivity index (χ0n) is 11.5. The fourth-order valence-corrected chi connectivity index (χ4v) is 1.84. The largest absolute Gasteiger partial charge is 0.492 e. The van der Waals surface area contributed by atoms with Crippen LogP contribution in [-0.4, -0.2) is 25.2 Å². The van der Waals surface area contributed by atoms with Crippen LogP contribution in [0.5, 0.6) is 5.75 Å². The molecule has 3 N–H and O–H groups in total. The highest BCUT2D eigenvalue weighted by Crippen LogP contribution is 2.27. The van der Waals surface area contributed by atoms with Gasteiger partial charge in [-0.05, 0) is 32.0 Å². The van der Waals surface area contributed by atoms with E-state index in [0.29, 0.717) is 34.9 Å². The van der Waals surface area contributed by atoms with E-state index in [9.17, 15) is 0 Å². The summed E-state index contributed by atoms with van der Waals surface area (Å²) < 4.78 is 5.53. The second kappa shape index (κ2) is 10.3. The Morgan fingerprint density at radius 2 is 2.10 bits per heavy atom. The standard InChI is InChI=1S/C13H19Cl2N3O.HI/c1-9(2)18-13(16)17-6-3-7-19-12-5-4-10(14)8-11(12)15;/h4-5,8-9H,3,6-7H2,1-2H3,(H3,16,17,18);1H. The molecule has 0 radical (unpaired) electrons. The summed E-state index contributed by atoms with van der Waals surface area (Å²) in [5, 5.41) is 4.12. The molecule has 1 aromatic rings. The Bertz CT molecular complexity index is 442. The molecule has 114 valence electrons. The van der Waals surface area contributed by atoms with Crippen molar-refractivity contribution < 1.29 is 4.74 Å². The molecule has 0 unspecified atom stereocenters. The lowest BCUT2D eigenvalue weighted by molar-refractivity contribution is 0.313. The predicted molar refractivity (Wildman–Crippen MR) is 96.8 cm³/mol. The van der Waals surface area contributed by atoms with Gasteiger partial charge in [0.2, 0.25) is 0 Å². The van der Waals surface area contributed by atoms with Crippen LogP contribution in [0.15, 0.2) is 23.2 Å². The van der Waals surface area contributed by atoms with Gasteiger partial charge in [-0.3, -0.25) is 4.99 Å². The first kappa shape index (κ1) is 19.6. The molecule has 7 heteroatoms. The van der Waals surface area contributed by atoms with E-state index in [1.807, 2.05) is 13.8 Å². The Kier molecular flexibility index (Phi) is 10.1. The van der Waals surface area contributed by atoms with Gasteiger partial charge in [0.25, 0.3) is 0 Å². The molecule has 0 saturated heterocycles. The number of hydrogen-bond acceptors (Lipinski definition) is 2. The third kappa shape index (κ3) is 8.01. The lowest BCUT2D eigenvalue weighted by atomic mass is 10.3. The zero-order chi connectivity index (χ0) is 14.3. The summed E-state index contributed by atoms with van der Waals surface area (Å²) >= 11 is 11.8. The van der Waals surface area contributed by atoms with Crippen LogP contribution in [0.4, 0.5) is 0 Å². The Hall–Kier alpha value is -0.400. The van der Waals surface area contributed by atoms with Crippen LogP contribution in [0.3, 0.4) is 0 Å². The molecular weight excluding hydrogens is 412 g/mol. The van der Waals surface area contributed by atoms with Gasteiger partial charge in [0.05, 0.1) is 11.6 Å². The smallest absolute Gasteiger partial charge is 0.188 e. The molecule has 0 spiro atoms. The molecule has 0 heterocycles. The SMILES string of the molecule is CC(C)NC(N)=NCCCOc1ccc(Cl)cc1Cl.I. The van der Waals surface area contributed by atoms with E-state index in [4.69, 9.17) is 33.7 Å². The van der Waals surface area contributed by atoms with Crippen LogP contribution in [0.2, 0.25) is 10.0 Å². The van der Waals surface area contributed by atoms with E-state index in [0.717, 1.165) is 6.42 Å².